The van der Waals surface area contributed by atoms with E-state index in [1.165, 1.54) is 19.2 Å². The molecule has 0 radical (unpaired) electrons. The molecule has 2 rings (SSSR count). The Morgan fingerprint density at radius 1 is 1.26 bits per heavy atom. The van der Waals surface area contributed by atoms with Crippen molar-refractivity contribution in [3.05, 3.63) is 17.0 Å². The van der Waals surface area contributed by atoms with Crippen molar-refractivity contribution in [3.63, 3.8) is 0 Å². The molecule has 1 heterocycles. The number of rotatable bonds is 4. The van der Waals surface area contributed by atoms with E-state index in [4.69, 9.17) is 11.6 Å². The van der Waals surface area contributed by atoms with E-state index >= 15 is 0 Å². The minimum absolute atomic E-state index is 0.493. The molecule has 0 aliphatic heterocycles. The van der Waals surface area contributed by atoms with E-state index < -0.39 is 5.60 Å². The van der Waals surface area contributed by atoms with Crippen LogP contribution in [0.2, 0.25) is 5.15 Å². The Bertz CT molecular complexity index is 417. The first kappa shape index (κ1) is 14.5. The second kappa shape index (κ2) is 6.53. The minimum atomic E-state index is -0.612. The highest BCUT2D eigenvalue weighted by molar-refractivity contribution is 6.30. The third-order valence-electron chi connectivity index (χ3n) is 3.87. The Labute approximate surface area is 119 Å². The molecule has 0 amide bonds. The third kappa shape index (κ3) is 3.80. The van der Waals surface area contributed by atoms with E-state index in [2.05, 4.69) is 15.3 Å². The van der Waals surface area contributed by atoms with Crippen molar-refractivity contribution in [2.45, 2.75) is 57.5 Å². The van der Waals surface area contributed by atoms with Gasteiger partial charge in [-0.15, -0.1) is 0 Å². The largest absolute Gasteiger partial charge is 0.388 e. The molecule has 0 bridgehead atoms. The Morgan fingerprint density at radius 3 is 2.58 bits per heavy atom. The molecule has 0 saturated heterocycles. The molecular weight excluding hydrogens is 262 g/mol. The maximum atomic E-state index is 10.6. The van der Waals surface area contributed by atoms with E-state index in [1.807, 2.05) is 6.92 Å². The zero-order valence-electron chi connectivity index (χ0n) is 11.5. The summed E-state index contributed by atoms with van der Waals surface area (Å²) in [4.78, 5) is 8.22. The van der Waals surface area contributed by atoms with Crippen LogP contribution in [0, 0.1) is 0 Å². The first-order chi connectivity index (χ1) is 9.14. The number of anilines is 1. The van der Waals surface area contributed by atoms with Crippen molar-refractivity contribution in [1.29, 1.82) is 0 Å². The lowest BCUT2D eigenvalue weighted by Gasteiger charge is -2.27. The van der Waals surface area contributed by atoms with Gasteiger partial charge in [-0.1, -0.05) is 44.2 Å². The molecule has 106 valence electrons. The number of hydrogen-bond donors (Lipinski definition) is 2. The minimum Gasteiger partial charge on any atom is -0.388 e. The van der Waals surface area contributed by atoms with Crippen LogP contribution in [0.25, 0.3) is 0 Å². The second-order valence-electron chi connectivity index (χ2n) is 5.34. The number of aliphatic hydroxyl groups is 1. The Balaban J connectivity index is 2.03. The first-order valence-electron chi connectivity index (χ1n) is 7.10. The number of nitrogens with zero attached hydrogens (tertiary/aromatic N) is 2. The molecule has 0 atom stereocenters. The van der Waals surface area contributed by atoms with E-state index in [0.29, 0.717) is 11.7 Å². The van der Waals surface area contributed by atoms with Gasteiger partial charge in [0.2, 0.25) is 0 Å². The molecule has 4 nitrogen and oxygen atoms in total. The topological polar surface area (TPSA) is 58.0 Å². The van der Waals surface area contributed by atoms with Crippen LogP contribution in [0.3, 0.4) is 0 Å². The summed E-state index contributed by atoms with van der Waals surface area (Å²) in [6, 6.07) is 0. The molecule has 19 heavy (non-hydrogen) atoms. The second-order valence-corrected chi connectivity index (χ2v) is 5.70. The summed E-state index contributed by atoms with van der Waals surface area (Å²) in [5.74, 6) is 0.750. The van der Waals surface area contributed by atoms with Gasteiger partial charge in [-0.3, -0.25) is 0 Å². The lowest BCUT2D eigenvalue weighted by Crippen LogP contribution is -2.36. The molecule has 0 spiro atoms. The highest BCUT2D eigenvalue weighted by Gasteiger charge is 2.28. The average molecular weight is 284 g/mol. The summed E-state index contributed by atoms with van der Waals surface area (Å²) in [5, 5.41) is 14.4. The van der Waals surface area contributed by atoms with E-state index in [0.717, 1.165) is 43.5 Å². The highest BCUT2D eigenvalue weighted by atomic mass is 35.5. The summed E-state index contributed by atoms with van der Waals surface area (Å²) in [6.07, 6.45) is 8.61. The first-order valence-corrected chi connectivity index (χ1v) is 7.48. The van der Waals surface area contributed by atoms with Crippen molar-refractivity contribution in [3.8, 4) is 0 Å². The smallest absolute Gasteiger partial charge is 0.137 e. The zero-order valence-corrected chi connectivity index (χ0v) is 12.2. The van der Waals surface area contributed by atoms with Crippen molar-refractivity contribution in [2.75, 3.05) is 11.9 Å². The van der Waals surface area contributed by atoms with Crippen LogP contribution in [0.4, 0.5) is 5.82 Å². The van der Waals surface area contributed by atoms with Crippen LogP contribution in [-0.4, -0.2) is 27.2 Å². The molecule has 1 aromatic heterocycles. The summed E-state index contributed by atoms with van der Waals surface area (Å²) in [5.41, 5.74) is 0.306. The van der Waals surface area contributed by atoms with Gasteiger partial charge in [0.1, 0.15) is 17.3 Å². The molecule has 5 heteroatoms. The lowest BCUT2D eigenvalue weighted by atomic mass is 9.94. The van der Waals surface area contributed by atoms with E-state index in [-0.39, 0.29) is 0 Å². The Morgan fingerprint density at radius 2 is 1.95 bits per heavy atom. The fourth-order valence-corrected chi connectivity index (χ4v) is 2.93. The molecule has 0 aromatic carbocycles. The van der Waals surface area contributed by atoms with Gasteiger partial charge in [0.25, 0.3) is 0 Å². The van der Waals surface area contributed by atoms with Gasteiger partial charge in [0, 0.05) is 12.1 Å². The lowest BCUT2D eigenvalue weighted by molar-refractivity contribution is 0.0380. The fourth-order valence-electron chi connectivity index (χ4n) is 2.67. The van der Waals surface area contributed by atoms with Crippen LogP contribution >= 0.6 is 11.6 Å². The van der Waals surface area contributed by atoms with Gasteiger partial charge in [-0.25, -0.2) is 9.97 Å². The average Bonchev–Trinajstić information content (AvgIpc) is 2.62. The molecular formula is C14H22ClN3O. The van der Waals surface area contributed by atoms with Gasteiger partial charge in [0.05, 0.1) is 5.60 Å². The van der Waals surface area contributed by atoms with Crippen molar-refractivity contribution >= 4 is 17.4 Å². The summed E-state index contributed by atoms with van der Waals surface area (Å²) < 4.78 is 0. The highest BCUT2D eigenvalue weighted by Crippen LogP contribution is 2.28. The fraction of sp³-hybridized carbons (Fsp3) is 0.714. The zero-order chi connectivity index (χ0) is 13.7. The molecule has 0 unspecified atom stereocenters. The normalized spacial score (nSPS) is 18.9. The van der Waals surface area contributed by atoms with Crippen molar-refractivity contribution in [2.24, 2.45) is 0 Å². The summed E-state index contributed by atoms with van der Waals surface area (Å²) in [7, 11) is 0. The summed E-state index contributed by atoms with van der Waals surface area (Å²) >= 11 is 6.06. The van der Waals surface area contributed by atoms with Crippen molar-refractivity contribution in [1.82, 2.24) is 9.97 Å². The quantitative estimate of drug-likeness (QED) is 0.658. The van der Waals surface area contributed by atoms with Crippen LogP contribution in [0.5, 0.6) is 0 Å². The SMILES string of the molecule is CCc1c(Cl)ncnc1NCC1(O)CCCCCC1. The van der Waals surface area contributed by atoms with Crippen LogP contribution < -0.4 is 5.32 Å². The molecule has 1 fully saturated rings. The van der Waals surface area contributed by atoms with Gasteiger partial charge >= 0.3 is 0 Å². The number of nitrogens with one attached hydrogen (secondary N) is 1. The summed E-state index contributed by atoms with van der Waals surface area (Å²) in [6.45, 7) is 2.56. The van der Waals surface area contributed by atoms with Gasteiger partial charge in [-0.05, 0) is 19.3 Å². The standard InChI is InChI=1S/C14H22ClN3O/c1-2-11-12(15)17-10-18-13(11)16-9-14(19)7-5-3-4-6-8-14/h10,19H,2-9H2,1H3,(H,16,17,18). The number of aromatic nitrogens is 2. The van der Waals surface area contributed by atoms with Crippen LogP contribution in [-0.2, 0) is 6.42 Å². The van der Waals surface area contributed by atoms with Crippen LogP contribution in [0.15, 0.2) is 6.33 Å². The predicted octanol–water partition coefficient (Wildman–Crippen LogP) is 3.19. The Kier molecular flexibility index (Phi) is 4.99. The van der Waals surface area contributed by atoms with Gasteiger partial charge < -0.3 is 10.4 Å². The molecule has 1 aliphatic rings. The molecule has 2 N–H and O–H groups in total. The third-order valence-corrected chi connectivity index (χ3v) is 4.19. The maximum Gasteiger partial charge on any atom is 0.137 e. The van der Waals surface area contributed by atoms with Gasteiger partial charge in [-0.2, -0.15) is 0 Å². The predicted molar refractivity (Wildman–Crippen MR) is 77.6 cm³/mol. The monoisotopic (exact) mass is 283 g/mol. The van der Waals surface area contributed by atoms with E-state index in [9.17, 15) is 5.11 Å². The molecule has 1 saturated carbocycles. The maximum absolute atomic E-state index is 10.6. The molecule has 1 aliphatic carbocycles. The van der Waals surface area contributed by atoms with E-state index in [1.54, 1.807) is 0 Å². The number of hydrogen-bond acceptors (Lipinski definition) is 4. The van der Waals surface area contributed by atoms with Gasteiger partial charge in [0.15, 0.2) is 0 Å². The van der Waals surface area contributed by atoms with Crippen LogP contribution in [0.1, 0.15) is 51.0 Å². The van der Waals surface area contributed by atoms with Crippen molar-refractivity contribution < 1.29 is 5.11 Å². The number of halogens is 1. The molecule has 1 aromatic rings. The Hall–Kier alpha value is -0.870.